The summed E-state index contributed by atoms with van der Waals surface area (Å²) in [6.07, 6.45) is 4.25. The molecule has 32 heavy (non-hydrogen) atoms. The van der Waals surface area contributed by atoms with Crippen LogP contribution in [-0.2, 0) is 11.3 Å². The molecule has 1 aliphatic rings. The number of carbonyl (C=O) groups excluding carboxylic acids is 2. The van der Waals surface area contributed by atoms with Crippen molar-refractivity contribution in [1.82, 2.24) is 4.90 Å². The number of carbonyl (C=O) groups is 2. The molecule has 0 spiro atoms. The summed E-state index contributed by atoms with van der Waals surface area (Å²) in [6.45, 7) is 6.79. The molecule has 5 nitrogen and oxygen atoms in total. The van der Waals surface area contributed by atoms with E-state index in [9.17, 15) is 14.0 Å². The molecule has 6 heteroatoms. The predicted molar refractivity (Wildman–Crippen MR) is 126 cm³/mol. The van der Waals surface area contributed by atoms with Crippen LogP contribution in [0.4, 0.5) is 10.1 Å². The van der Waals surface area contributed by atoms with Crippen LogP contribution in [0.25, 0.3) is 0 Å². The van der Waals surface area contributed by atoms with E-state index in [0.717, 1.165) is 31.2 Å². The van der Waals surface area contributed by atoms with Crippen molar-refractivity contribution in [2.24, 2.45) is 11.1 Å². The first kappa shape index (κ1) is 23.9. The molecule has 0 radical (unpaired) electrons. The van der Waals surface area contributed by atoms with E-state index < -0.39 is 0 Å². The van der Waals surface area contributed by atoms with Gasteiger partial charge in [-0.25, -0.2) is 4.39 Å². The molecule has 3 N–H and O–H groups in total. The second-order valence-corrected chi connectivity index (χ2v) is 9.99. The molecule has 1 saturated carbocycles. The van der Waals surface area contributed by atoms with Gasteiger partial charge >= 0.3 is 0 Å². The summed E-state index contributed by atoms with van der Waals surface area (Å²) in [7, 11) is 0. The van der Waals surface area contributed by atoms with Gasteiger partial charge in [0.25, 0.3) is 5.91 Å². The Bertz CT molecular complexity index is 912. The van der Waals surface area contributed by atoms with Crippen LogP contribution in [0.2, 0.25) is 0 Å². The van der Waals surface area contributed by atoms with Gasteiger partial charge in [-0.1, -0.05) is 32.9 Å². The van der Waals surface area contributed by atoms with Crippen molar-refractivity contribution in [2.75, 3.05) is 5.32 Å². The van der Waals surface area contributed by atoms with Gasteiger partial charge in [0.15, 0.2) is 0 Å². The Morgan fingerprint density at radius 1 is 1.00 bits per heavy atom. The Balaban J connectivity index is 1.68. The number of hydrogen-bond acceptors (Lipinski definition) is 3. The zero-order chi connectivity index (χ0) is 23.3. The molecule has 2 aromatic rings. The lowest BCUT2D eigenvalue weighted by molar-refractivity contribution is -0.137. The minimum absolute atomic E-state index is 0.0745. The molecular weight excluding hydrogens is 405 g/mol. The highest BCUT2D eigenvalue weighted by Crippen LogP contribution is 2.28. The summed E-state index contributed by atoms with van der Waals surface area (Å²) in [6, 6.07) is 13.4. The zero-order valence-electron chi connectivity index (χ0n) is 19.2. The average molecular weight is 440 g/mol. The standard InChI is InChI=1S/C26H34FN3O2/c1-26(2,3)16-24(31)30(23-14-10-21(28)11-15-23)17-18-4-12-22(13-5-18)29-25(32)19-6-8-20(27)9-7-19/h4-9,12-13,21,23H,10-11,14-17,28H2,1-3H3,(H,29,32). The molecule has 0 heterocycles. The third kappa shape index (κ3) is 6.89. The Hall–Kier alpha value is -2.73. The molecule has 3 rings (SSSR count). The third-order valence-corrected chi connectivity index (χ3v) is 5.86. The fourth-order valence-electron chi connectivity index (χ4n) is 4.08. The van der Waals surface area contributed by atoms with E-state index in [1.54, 1.807) is 0 Å². The van der Waals surface area contributed by atoms with Gasteiger partial charge in [-0.3, -0.25) is 9.59 Å². The number of nitrogens with two attached hydrogens (primary N) is 1. The lowest BCUT2D eigenvalue weighted by Crippen LogP contribution is -2.44. The van der Waals surface area contributed by atoms with E-state index in [1.165, 1.54) is 24.3 Å². The lowest BCUT2D eigenvalue weighted by Gasteiger charge is -2.37. The van der Waals surface area contributed by atoms with Crippen LogP contribution in [0.5, 0.6) is 0 Å². The molecule has 172 valence electrons. The average Bonchev–Trinajstić information content (AvgIpc) is 2.73. The van der Waals surface area contributed by atoms with Gasteiger partial charge in [0.1, 0.15) is 5.82 Å². The molecule has 2 aromatic carbocycles. The number of anilines is 1. The normalized spacial score (nSPS) is 18.8. The third-order valence-electron chi connectivity index (χ3n) is 5.86. The van der Waals surface area contributed by atoms with Crippen molar-refractivity contribution in [1.29, 1.82) is 0 Å². The molecule has 1 aliphatic carbocycles. The molecule has 0 saturated heterocycles. The molecule has 0 aromatic heterocycles. The quantitative estimate of drug-likeness (QED) is 0.656. The van der Waals surface area contributed by atoms with Crippen molar-refractivity contribution >= 4 is 17.5 Å². The van der Waals surface area contributed by atoms with Gasteiger partial charge < -0.3 is 16.0 Å². The van der Waals surface area contributed by atoms with Crippen LogP contribution in [0.1, 0.15) is 68.8 Å². The smallest absolute Gasteiger partial charge is 0.255 e. The summed E-state index contributed by atoms with van der Waals surface area (Å²) in [4.78, 5) is 27.5. The van der Waals surface area contributed by atoms with Crippen molar-refractivity contribution < 1.29 is 14.0 Å². The van der Waals surface area contributed by atoms with E-state index >= 15 is 0 Å². The topological polar surface area (TPSA) is 75.4 Å². The minimum atomic E-state index is -0.378. The van der Waals surface area contributed by atoms with Crippen LogP contribution in [0.15, 0.2) is 48.5 Å². The first-order valence-electron chi connectivity index (χ1n) is 11.3. The molecule has 1 fully saturated rings. The highest BCUT2D eigenvalue weighted by molar-refractivity contribution is 6.04. The predicted octanol–water partition coefficient (Wildman–Crippen LogP) is 5.11. The van der Waals surface area contributed by atoms with E-state index in [-0.39, 0.29) is 35.1 Å². The second-order valence-electron chi connectivity index (χ2n) is 9.99. The van der Waals surface area contributed by atoms with E-state index in [2.05, 4.69) is 26.1 Å². The number of nitrogens with one attached hydrogen (secondary N) is 1. The highest BCUT2D eigenvalue weighted by Gasteiger charge is 2.30. The number of hydrogen-bond donors (Lipinski definition) is 2. The zero-order valence-corrected chi connectivity index (χ0v) is 19.2. The molecule has 2 amide bonds. The highest BCUT2D eigenvalue weighted by atomic mass is 19.1. The minimum Gasteiger partial charge on any atom is -0.335 e. The Morgan fingerprint density at radius 3 is 2.16 bits per heavy atom. The first-order chi connectivity index (χ1) is 15.1. The van der Waals surface area contributed by atoms with E-state index in [0.29, 0.717) is 24.2 Å². The first-order valence-corrected chi connectivity index (χ1v) is 11.3. The van der Waals surface area contributed by atoms with E-state index in [4.69, 9.17) is 5.73 Å². The van der Waals surface area contributed by atoms with Gasteiger partial charge in [0.05, 0.1) is 0 Å². The lowest BCUT2D eigenvalue weighted by atomic mass is 9.88. The summed E-state index contributed by atoms with van der Waals surface area (Å²) >= 11 is 0. The van der Waals surface area contributed by atoms with Crippen LogP contribution >= 0.6 is 0 Å². The summed E-state index contributed by atoms with van der Waals surface area (Å²) in [5.74, 6) is -0.499. The fraction of sp³-hybridized carbons (Fsp3) is 0.462. The monoisotopic (exact) mass is 439 g/mol. The SMILES string of the molecule is CC(C)(C)CC(=O)N(Cc1ccc(NC(=O)c2ccc(F)cc2)cc1)C1CCC(N)CC1. The van der Waals surface area contributed by atoms with Crippen LogP contribution in [0, 0.1) is 11.2 Å². The summed E-state index contributed by atoms with van der Waals surface area (Å²) in [5, 5.41) is 2.82. The Labute approximate surface area is 190 Å². The van der Waals surface area contributed by atoms with Crippen LogP contribution in [0.3, 0.4) is 0 Å². The van der Waals surface area contributed by atoms with Gasteiger partial charge in [0, 0.05) is 36.3 Å². The van der Waals surface area contributed by atoms with Crippen LogP contribution < -0.4 is 11.1 Å². The van der Waals surface area contributed by atoms with E-state index in [1.807, 2.05) is 29.2 Å². The molecule has 0 atom stereocenters. The van der Waals surface area contributed by atoms with Crippen molar-refractivity contribution in [3.05, 3.63) is 65.5 Å². The molecule has 0 bridgehead atoms. The maximum absolute atomic E-state index is 13.1. The van der Waals surface area contributed by atoms with Gasteiger partial charge in [-0.2, -0.15) is 0 Å². The number of amides is 2. The Kier molecular flexibility index (Phi) is 7.67. The number of rotatable bonds is 6. The van der Waals surface area contributed by atoms with Crippen LogP contribution in [-0.4, -0.2) is 28.8 Å². The van der Waals surface area contributed by atoms with Gasteiger partial charge in [-0.15, -0.1) is 0 Å². The summed E-state index contributed by atoms with van der Waals surface area (Å²) in [5.41, 5.74) is 8.06. The number of nitrogens with zero attached hydrogens (tertiary/aromatic N) is 1. The number of halogens is 1. The van der Waals surface area contributed by atoms with Crippen molar-refractivity contribution in [2.45, 2.75) is 71.5 Å². The Morgan fingerprint density at radius 2 is 1.59 bits per heavy atom. The van der Waals surface area contributed by atoms with Gasteiger partial charge in [0.2, 0.25) is 5.91 Å². The maximum atomic E-state index is 13.1. The maximum Gasteiger partial charge on any atom is 0.255 e. The fourth-order valence-corrected chi connectivity index (χ4v) is 4.08. The summed E-state index contributed by atoms with van der Waals surface area (Å²) < 4.78 is 13.1. The largest absolute Gasteiger partial charge is 0.335 e. The molecular formula is C26H34FN3O2. The molecule has 0 aliphatic heterocycles. The van der Waals surface area contributed by atoms with Crippen molar-refractivity contribution in [3.8, 4) is 0 Å². The van der Waals surface area contributed by atoms with Crippen molar-refractivity contribution in [3.63, 3.8) is 0 Å². The number of benzene rings is 2. The van der Waals surface area contributed by atoms with Gasteiger partial charge in [-0.05, 0) is 73.1 Å². The second kappa shape index (κ2) is 10.3. The molecule has 0 unspecified atom stereocenters.